The van der Waals surface area contributed by atoms with Crippen LogP contribution in [0.15, 0.2) is 60.7 Å². The number of amides is 1. The van der Waals surface area contributed by atoms with Crippen LogP contribution >= 0.6 is 0 Å². The minimum absolute atomic E-state index is 0.0159. The summed E-state index contributed by atoms with van der Waals surface area (Å²) in [4.78, 5) is 29.9. The predicted octanol–water partition coefficient (Wildman–Crippen LogP) is 4.76. The molecular formula is C26H29N5O3. The van der Waals surface area contributed by atoms with Crippen LogP contribution < -0.4 is 15.5 Å². The highest BCUT2D eigenvalue weighted by molar-refractivity contribution is 5.93. The molecule has 0 bridgehead atoms. The standard InChI is InChI=1S/C26H29N5O3/c1-30(2)24-17-25(29-22-9-5-4-8-21(22)24)27-19-12-14-20(15-13-19)28-26(32)16-11-18-7-3-6-10-23(18)31(33)34/h3-11,16-17,19-20H,12-15H2,1-2H3,(H,27,29)(H,28,32). The Kier molecular flexibility index (Phi) is 7.06. The highest BCUT2D eigenvalue weighted by atomic mass is 16.6. The average molecular weight is 460 g/mol. The minimum Gasteiger partial charge on any atom is -0.377 e. The van der Waals surface area contributed by atoms with Gasteiger partial charge in [-0.2, -0.15) is 0 Å². The highest BCUT2D eigenvalue weighted by Crippen LogP contribution is 2.29. The summed E-state index contributed by atoms with van der Waals surface area (Å²) in [7, 11) is 4.06. The van der Waals surface area contributed by atoms with E-state index in [9.17, 15) is 14.9 Å². The Morgan fingerprint density at radius 1 is 1.06 bits per heavy atom. The third kappa shape index (κ3) is 5.51. The number of hydrogen-bond acceptors (Lipinski definition) is 6. The fourth-order valence-corrected chi connectivity index (χ4v) is 4.40. The van der Waals surface area contributed by atoms with E-state index in [0.717, 1.165) is 48.1 Å². The number of carbonyl (C=O) groups excluding carboxylic acids is 1. The van der Waals surface area contributed by atoms with Crippen LogP contribution in [0.5, 0.6) is 0 Å². The van der Waals surface area contributed by atoms with Crippen LogP contribution in [0.1, 0.15) is 31.2 Å². The number of benzene rings is 2. The molecule has 2 N–H and O–H groups in total. The van der Waals surface area contributed by atoms with Crippen LogP contribution in [0.4, 0.5) is 17.2 Å². The molecule has 1 aromatic heterocycles. The van der Waals surface area contributed by atoms with E-state index >= 15 is 0 Å². The molecule has 3 aromatic rings. The predicted molar refractivity (Wildman–Crippen MR) is 136 cm³/mol. The molecule has 0 unspecified atom stereocenters. The van der Waals surface area contributed by atoms with E-state index in [1.54, 1.807) is 18.2 Å². The number of nitro groups is 1. The molecule has 0 aliphatic heterocycles. The normalized spacial score (nSPS) is 18.1. The molecule has 1 aliphatic rings. The molecule has 34 heavy (non-hydrogen) atoms. The van der Waals surface area contributed by atoms with E-state index in [2.05, 4.69) is 27.7 Å². The summed E-state index contributed by atoms with van der Waals surface area (Å²) in [6.07, 6.45) is 6.42. The van der Waals surface area contributed by atoms with Gasteiger partial charge in [-0.15, -0.1) is 0 Å². The zero-order chi connectivity index (χ0) is 24.1. The Morgan fingerprint density at radius 2 is 1.74 bits per heavy atom. The molecule has 1 heterocycles. The van der Waals surface area contributed by atoms with E-state index in [1.165, 1.54) is 18.2 Å². The molecule has 2 aromatic carbocycles. The minimum atomic E-state index is -0.447. The zero-order valence-corrected chi connectivity index (χ0v) is 19.4. The molecule has 0 atom stereocenters. The number of rotatable bonds is 7. The lowest BCUT2D eigenvalue weighted by molar-refractivity contribution is -0.385. The van der Waals surface area contributed by atoms with Crippen molar-refractivity contribution in [1.29, 1.82) is 0 Å². The number of carbonyl (C=O) groups is 1. The quantitative estimate of drug-likeness (QED) is 0.300. The van der Waals surface area contributed by atoms with Crippen molar-refractivity contribution >= 4 is 40.1 Å². The fraction of sp³-hybridized carbons (Fsp3) is 0.308. The van der Waals surface area contributed by atoms with Crippen LogP contribution in [0.25, 0.3) is 17.0 Å². The third-order valence-electron chi connectivity index (χ3n) is 6.15. The largest absolute Gasteiger partial charge is 0.377 e. The van der Waals surface area contributed by atoms with Gasteiger partial charge in [0.15, 0.2) is 0 Å². The van der Waals surface area contributed by atoms with Crippen molar-refractivity contribution in [2.75, 3.05) is 24.3 Å². The second kappa shape index (κ2) is 10.3. The number of pyridine rings is 1. The van der Waals surface area contributed by atoms with Gasteiger partial charge in [0.2, 0.25) is 5.91 Å². The van der Waals surface area contributed by atoms with Gasteiger partial charge in [-0.25, -0.2) is 4.98 Å². The van der Waals surface area contributed by atoms with Crippen molar-refractivity contribution in [1.82, 2.24) is 10.3 Å². The van der Waals surface area contributed by atoms with E-state index in [-0.39, 0.29) is 17.6 Å². The van der Waals surface area contributed by atoms with Gasteiger partial charge in [0.05, 0.1) is 16.0 Å². The molecule has 0 saturated heterocycles. The summed E-state index contributed by atoms with van der Waals surface area (Å²) in [5.74, 6) is 0.628. The molecule has 1 fully saturated rings. The van der Waals surface area contributed by atoms with Crippen molar-refractivity contribution in [3.8, 4) is 0 Å². The lowest BCUT2D eigenvalue weighted by Gasteiger charge is -2.30. The van der Waals surface area contributed by atoms with Crippen molar-refractivity contribution < 1.29 is 9.72 Å². The smallest absolute Gasteiger partial charge is 0.276 e. The van der Waals surface area contributed by atoms with Crippen LogP contribution in [0.2, 0.25) is 0 Å². The fourth-order valence-electron chi connectivity index (χ4n) is 4.40. The van der Waals surface area contributed by atoms with Gasteiger partial charge in [-0.05, 0) is 43.9 Å². The average Bonchev–Trinajstić information content (AvgIpc) is 2.83. The Balaban J connectivity index is 1.33. The van der Waals surface area contributed by atoms with Gasteiger partial charge >= 0.3 is 0 Å². The molecule has 8 heteroatoms. The van der Waals surface area contributed by atoms with Gasteiger partial charge in [-0.3, -0.25) is 14.9 Å². The molecule has 1 amide bonds. The monoisotopic (exact) mass is 459 g/mol. The molecular weight excluding hydrogens is 430 g/mol. The first-order chi connectivity index (χ1) is 16.4. The van der Waals surface area contributed by atoms with Gasteiger partial charge in [0.1, 0.15) is 5.82 Å². The number of aromatic nitrogens is 1. The van der Waals surface area contributed by atoms with Crippen LogP contribution in [0, 0.1) is 10.1 Å². The van der Waals surface area contributed by atoms with E-state index in [0.29, 0.717) is 11.6 Å². The molecule has 176 valence electrons. The number of nitrogens with one attached hydrogen (secondary N) is 2. The number of anilines is 2. The summed E-state index contributed by atoms with van der Waals surface area (Å²) in [5.41, 5.74) is 2.48. The number of nitro benzene ring substituents is 1. The first-order valence-corrected chi connectivity index (χ1v) is 11.5. The topological polar surface area (TPSA) is 100 Å². The van der Waals surface area contributed by atoms with Crippen LogP contribution in [0.3, 0.4) is 0 Å². The third-order valence-corrected chi connectivity index (χ3v) is 6.15. The second-order valence-electron chi connectivity index (χ2n) is 8.79. The van der Waals surface area contributed by atoms with Crippen molar-refractivity contribution in [3.63, 3.8) is 0 Å². The molecule has 0 radical (unpaired) electrons. The first-order valence-electron chi connectivity index (χ1n) is 11.5. The SMILES string of the molecule is CN(C)c1cc(NC2CCC(NC(=O)C=Cc3ccccc3[N+](=O)[O-])CC2)nc2ccccc12. The Morgan fingerprint density at radius 3 is 2.47 bits per heavy atom. The number of nitrogens with zero attached hydrogens (tertiary/aromatic N) is 3. The summed E-state index contributed by atoms with van der Waals surface area (Å²) in [5, 5.41) is 18.8. The summed E-state index contributed by atoms with van der Waals surface area (Å²) in [6.45, 7) is 0. The Bertz CT molecular complexity index is 1220. The van der Waals surface area contributed by atoms with Gasteiger partial charge in [-0.1, -0.05) is 30.3 Å². The number of para-hydroxylation sites is 2. The van der Waals surface area contributed by atoms with Crippen LogP contribution in [-0.4, -0.2) is 42.0 Å². The van der Waals surface area contributed by atoms with Gasteiger partial charge < -0.3 is 15.5 Å². The van der Waals surface area contributed by atoms with Gasteiger partial charge in [0.25, 0.3) is 5.69 Å². The Labute approximate surface area is 198 Å². The van der Waals surface area contributed by atoms with Gasteiger partial charge in [0, 0.05) is 55.5 Å². The maximum absolute atomic E-state index is 12.4. The Hall–Kier alpha value is -3.94. The molecule has 1 saturated carbocycles. The summed E-state index contributed by atoms with van der Waals surface area (Å²) in [6, 6.07) is 17.0. The van der Waals surface area contributed by atoms with Crippen LogP contribution in [-0.2, 0) is 4.79 Å². The summed E-state index contributed by atoms with van der Waals surface area (Å²) < 4.78 is 0. The molecule has 4 rings (SSSR count). The number of fused-ring (bicyclic) bond motifs is 1. The maximum Gasteiger partial charge on any atom is 0.276 e. The zero-order valence-electron chi connectivity index (χ0n) is 19.4. The number of hydrogen-bond donors (Lipinski definition) is 2. The molecule has 0 spiro atoms. The lowest BCUT2D eigenvalue weighted by atomic mass is 9.91. The maximum atomic E-state index is 12.4. The first kappa shape index (κ1) is 23.2. The van der Waals surface area contributed by atoms with Crippen molar-refractivity contribution in [3.05, 3.63) is 76.4 Å². The summed E-state index contributed by atoms with van der Waals surface area (Å²) >= 11 is 0. The van der Waals surface area contributed by atoms with E-state index in [4.69, 9.17) is 4.98 Å². The second-order valence-corrected chi connectivity index (χ2v) is 8.79. The highest BCUT2D eigenvalue weighted by Gasteiger charge is 2.22. The van der Waals surface area contributed by atoms with Crippen molar-refractivity contribution in [2.24, 2.45) is 0 Å². The molecule has 8 nitrogen and oxygen atoms in total. The van der Waals surface area contributed by atoms with E-state index in [1.807, 2.05) is 32.3 Å². The van der Waals surface area contributed by atoms with E-state index < -0.39 is 4.92 Å². The molecule has 1 aliphatic carbocycles. The van der Waals surface area contributed by atoms with Crippen molar-refractivity contribution in [2.45, 2.75) is 37.8 Å². The lowest BCUT2D eigenvalue weighted by Crippen LogP contribution is -2.39.